The molecule has 0 saturated heterocycles. The summed E-state index contributed by atoms with van der Waals surface area (Å²) in [4.78, 5) is 0.544. The summed E-state index contributed by atoms with van der Waals surface area (Å²) >= 11 is 0. The Hall–Kier alpha value is -3.57. The van der Waals surface area contributed by atoms with Crippen LogP contribution < -0.4 is 9.47 Å². The van der Waals surface area contributed by atoms with Crippen molar-refractivity contribution < 1.29 is 17.9 Å². The normalized spacial score (nSPS) is 12.2. The second-order valence-electron chi connectivity index (χ2n) is 11.5. The minimum absolute atomic E-state index is 0.0481. The van der Waals surface area contributed by atoms with Gasteiger partial charge in [-0.25, -0.2) is 8.42 Å². The van der Waals surface area contributed by atoms with E-state index in [9.17, 15) is 8.42 Å². The van der Waals surface area contributed by atoms with Crippen LogP contribution in [0.1, 0.15) is 71.1 Å². The molecule has 0 saturated carbocycles. The molecule has 0 N–H and O–H groups in total. The molecule has 40 heavy (non-hydrogen) atoms. The lowest BCUT2D eigenvalue weighted by atomic mass is 9.78. The first-order chi connectivity index (χ1) is 18.9. The van der Waals surface area contributed by atoms with Crippen LogP contribution in [-0.4, -0.2) is 14.0 Å². The quantitative estimate of drug-likeness (QED) is 0.195. The van der Waals surface area contributed by atoms with Crippen LogP contribution in [0.3, 0.4) is 0 Å². The number of hydrogen-bond acceptors (Lipinski definition) is 4. The number of hydrogen-bond donors (Lipinski definition) is 0. The zero-order chi connectivity index (χ0) is 29.0. The number of ether oxygens (including phenoxy) is 2. The Morgan fingerprint density at radius 2 is 0.975 bits per heavy atom. The van der Waals surface area contributed by atoms with Crippen molar-refractivity contribution >= 4 is 9.84 Å². The molecule has 0 heterocycles. The van der Waals surface area contributed by atoms with Gasteiger partial charge in [0.25, 0.3) is 0 Å². The van der Waals surface area contributed by atoms with Crippen molar-refractivity contribution in [3.63, 3.8) is 0 Å². The Morgan fingerprint density at radius 3 is 1.40 bits per heavy atom. The van der Waals surface area contributed by atoms with E-state index >= 15 is 0 Å². The maximum atomic E-state index is 13.2. The van der Waals surface area contributed by atoms with Crippen LogP contribution in [0.25, 0.3) is 0 Å². The Labute approximate surface area is 239 Å². The van der Waals surface area contributed by atoms with E-state index in [2.05, 4.69) is 32.9 Å². The fourth-order valence-corrected chi connectivity index (χ4v) is 5.85. The van der Waals surface area contributed by atoms with Gasteiger partial charge in [-0.15, -0.1) is 0 Å². The van der Waals surface area contributed by atoms with E-state index in [1.807, 2.05) is 69.3 Å². The van der Waals surface area contributed by atoms with Crippen LogP contribution in [0.4, 0.5) is 0 Å². The molecule has 0 unspecified atom stereocenters. The van der Waals surface area contributed by atoms with Crippen LogP contribution in [0.5, 0.6) is 17.2 Å². The van der Waals surface area contributed by atoms with Gasteiger partial charge in [-0.3, -0.25) is 0 Å². The highest BCUT2D eigenvalue weighted by molar-refractivity contribution is 7.91. The first kappa shape index (κ1) is 29.4. The van der Waals surface area contributed by atoms with Gasteiger partial charge in [0.1, 0.15) is 22.8 Å². The Bertz CT molecular complexity index is 1490. The summed E-state index contributed by atoms with van der Waals surface area (Å²) in [5, 5.41) is 0. The molecule has 4 aromatic rings. The van der Waals surface area contributed by atoms with Crippen LogP contribution >= 0.6 is 0 Å². The molecule has 210 valence electrons. The molecule has 0 aliphatic rings. The lowest BCUT2D eigenvalue weighted by Gasteiger charge is -2.27. The van der Waals surface area contributed by atoms with Crippen LogP contribution in [0.2, 0.25) is 0 Å². The summed E-state index contributed by atoms with van der Waals surface area (Å²) in [6, 6.07) is 30.0. The minimum Gasteiger partial charge on any atom is -0.488 e. The molecule has 5 heteroatoms. The SMILES string of the molecule is CCC(C)(CC)c1ccc(S(=O)(=O)c2ccc(Oc3ccc(Cc4ccc(OC(C)(C)C)cc4)cc3)cc2)cc1. The molecule has 0 bridgehead atoms. The number of sulfone groups is 1. The van der Waals surface area contributed by atoms with Gasteiger partial charge >= 0.3 is 0 Å². The smallest absolute Gasteiger partial charge is 0.206 e. The van der Waals surface area contributed by atoms with E-state index < -0.39 is 9.84 Å². The number of rotatable bonds is 10. The lowest BCUT2D eigenvalue weighted by molar-refractivity contribution is 0.131. The monoisotopic (exact) mass is 556 g/mol. The topological polar surface area (TPSA) is 52.6 Å². The molecule has 4 nitrogen and oxygen atoms in total. The van der Waals surface area contributed by atoms with E-state index in [1.54, 1.807) is 36.4 Å². The predicted octanol–water partition coefficient (Wildman–Crippen LogP) is 9.16. The lowest BCUT2D eigenvalue weighted by Crippen LogP contribution is -2.22. The van der Waals surface area contributed by atoms with Gasteiger partial charge in [-0.2, -0.15) is 0 Å². The fourth-order valence-electron chi connectivity index (χ4n) is 4.59. The molecule has 4 rings (SSSR count). The molecule has 0 aliphatic heterocycles. The molecular weight excluding hydrogens is 516 g/mol. The molecule has 0 radical (unpaired) electrons. The van der Waals surface area contributed by atoms with E-state index in [4.69, 9.17) is 9.47 Å². The standard InChI is InChI=1S/C35H40O4S/c1-7-35(6,8-2)28-13-21-32(22-14-28)40(36,37)33-23-19-30(20-24-33)38-29-15-9-26(10-16-29)25-27-11-17-31(18-12-27)39-34(3,4)5/h9-24H,7-8,25H2,1-6H3. The highest BCUT2D eigenvalue weighted by Crippen LogP contribution is 2.33. The third-order valence-corrected chi connectivity index (χ3v) is 9.26. The third-order valence-electron chi connectivity index (χ3n) is 7.47. The highest BCUT2D eigenvalue weighted by Gasteiger charge is 2.24. The summed E-state index contributed by atoms with van der Waals surface area (Å²) in [6.07, 6.45) is 2.81. The second kappa shape index (κ2) is 11.9. The summed E-state index contributed by atoms with van der Waals surface area (Å²) in [6.45, 7) is 12.7. The fraction of sp³-hybridized carbons (Fsp3) is 0.314. The van der Waals surface area contributed by atoms with Gasteiger partial charge in [0, 0.05) is 0 Å². The first-order valence-corrected chi connectivity index (χ1v) is 15.4. The molecule has 0 fully saturated rings. The van der Waals surface area contributed by atoms with Gasteiger partial charge in [-0.1, -0.05) is 57.2 Å². The molecule has 0 amide bonds. The van der Waals surface area contributed by atoms with Gasteiger partial charge in [0.2, 0.25) is 9.84 Å². The summed E-state index contributed by atoms with van der Waals surface area (Å²) in [7, 11) is -3.62. The van der Waals surface area contributed by atoms with Gasteiger partial charge in [0.05, 0.1) is 9.79 Å². The minimum atomic E-state index is -3.62. The zero-order valence-electron chi connectivity index (χ0n) is 24.4. The van der Waals surface area contributed by atoms with Crippen LogP contribution in [-0.2, 0) is 21.7 Å². The van der Waals surface area contributed by atoms with Gasteiger partial charge in [0.15, 0.2) is 0 Å². The second-order valence-corrected chi connectivity index (χ2v) is 13.5. The summed E-state index contributed by atoms with van der Waals surface area (Å²) in [5.41, 5.74) is 3.36. The third kappa shape index (κ3) is 7.14. The molecule has 0 aliphatic carbocycles. The van der Waals surface area contributed by atoms with Crippen molar-refractivity contribution in [3.8, 4) is 17.2 Å². The first-order valence-electron chi connectivity index (χ1n) is 13.9. The zero-order valence-corrected chi connectivity index (χ0v) is 25.2. The van der Waals surface area contributed by atoms with Crippen molar-refractivity contribution in [2.75, 3.05) is 0 Å². The molecule has 0 aromatic heterocycles. The number of benzene rings is 4. The van der Waals surface area contributed by atoms with Gasteiger partial charge < -0.3 is 9.47 Å². The molecule has 4 aromatic carbocycles. The van der Waals surface area contributed by atoms with Crippen molar-refractivity contribution in [1.82, 2.24) is 0 Å². The van der Waals surface area contributed by atoms with Crippen molar-refractivity contribution in [1.29, 1.82) is 0 Å². The molecule has 0 atom stereocenters. The van der Waals surface area contributed by atoms with Crippen molar-refractivity contribution in [2.24, 2.45) is 0 Å². The van der Waals surface area contributed by atoms with E-state index in [-0.39, 0.29) is 15.9 Å². The average molecular weight is 557 g/mol. The van der Waals surface area contributed by atoms with E-state index in [0.29, 0.717) is 16.4 Å². The van der Waals surface area contributed by atoms with Crippen LogP contribution in [0, 0.1) is 0 Å². The molecule has 0 spiro atoms. The van der Waals surface area contributed by atoms with Crippen LogP contribution in [0.15, 0.2) is 107 Å². The van der Waals surface area contributed by atoms with Crippen molar-refractivity contribution in [3.05, 3.63) is 114 Å². The summed E-state index contributed by atoms with van der Waals surface area (Å²) < 4.78 is 38.3. The Morgan fingerprint density at radius 1 is 0.575 bits per heavy atom. The maximum Gasteiger partial charge on any atom is 0.206 e. The van der Waals surface area contributed by atoms with Gasteiger partial charge in [-0.05, 0) is 123 Å². The Balaban J connectivity index is 1.39. The largest absolute Gasteiger partial charge is 0.488 e. The van der Waals surface area contributed by atoms with Crippen molar-refractivity contribution in [2.45, 2.75) is 81.6 Å². The summed E-state index contributed by atoms with van der Waals surface area (Å²) in [5.74, 6) is 2.14. The maximum absolute atomic E-state index is 13.2. The Kier molecular flexibility index (Phi) is 8.74. The predicted molar refractivity (Wildman–Crippen MR) is 162 cm³/mol. The molecular formula is C35H40O4S. The highest BCUT2D eigenvalue weighted by atomic mass is 32.2. The average Bonchev–Trinajstić information content (AvgIpc) is 2.94. The van der Waals surface area contributed by atoms with E-state index in [1.165, 1.54) is 11.1 Å². The van der Waals surface area contributed by atoms with E-state index in [0.717, 1.165) is 30.6 Å².